The first-order chi connectivity index (χ1) is 15.3. The van der Waals surface area contributed by atoms with Gasteiger partial charge in [0.05, 0.1) is 11.0 Å². The van der Waals surface area contributed by atoms with Crippen LogP contribution in [0.3, 0.4) is 0 Å². The van der Waals surface area contributed by atoms with E-state index in [2.05, 4.69) is 57.6 Å². The lowest BCUT2D eigenvalue weighted by molar-refractivity contribution is 0.101. The molecule has 0 aliphatic rings. The summed E-state index contributed by atoms with van der Waals surface area (Å²) in [5, 5.41) is 3.28. The van der Waals surface area contributed by atoms with Crippen LogP contribution in [0.25, 0.3) is 16.7 Å². The van der Waals surface area contributed by atoms with Crippen molar-refractivity contribution in [2.24, 2.45) is 0 Å². The van der Waals surface area contributed by atoms with Crippen molar-refractivity contribution in [2.45, 2.75) is 81.1 Å². The van der Waals surface area contributed by atoms with Crippen molar-refractivity contribution < 1.29 is 4.79 Å². The molecule has 32 heavy (non-hydrogen) atoms. The van der Waals surface area contributed by atoms with E-state index in [-0.39, 0.29) is 5.78 Å². The molecule has 0 spiro atoms. The van der Waals surface area contributed by atoms with Crippen LogP contribution in [0, 0.1) is 0 Å². The first kappa shape index (κ1) is 29.5. The number of hydrogen-bond acceptors (Lipinski definition) is 3. The van der Waals surface area contributed by atoms with Crippen LogP contribution in [0.1, 0.15) is 91.4 Å². The van der Waals surface area contributed by atoms with Gasteiger partial charge >= 0.3 is 0 Å². The standard InChI is InChI=1S/C15H16N2O.C7H14.C6H15N/c1-5-14(10(2)3)17-9-16-13-7-6-12(11(4)18)8-15(13)17;1-4-6-7(3)5-2;1-3-5-7-6-4-2/h5-9H,1H2,2-4H3;5H,4,6H2,1-3H3;7H,3-6H2,1-2H3/b;7-5+;. The Morgan fingerprint density at radius 1 is 1.06 bits per heavy atom. The zero-order valence-electron chi connectivity index (χ0n) is 21.7. The Labute approximate surface area is 196 Å². The summed E-state index contributed by atoms with van der Waals surface area (Å²) in [6, 6.07) is 5.55. The molecule has 2 rings (SSSR count). The second-order valence-electron chi connectivity index (χ2n) is 8.10. The zero-order chi connectivity index (χ0) is 24.5. The van der Waals surface area contributed by atoms with Gasteiger partial charge in [-0.15, -0.1) is 0 Å². The number of carbonyl (C=O) groups excluding carboxylic acids is 1. The summed E-state index contributed by atoms with van der Waals surface area (Å²) in [5.74, 6) is 0.0574. The molecule has 0 atom stereocenters. The van der Waals surface area contributed by atoms with Crippen molar-refractivity contribution in [1.82, 2.24) is 14.9 Å². The SMILES string of the molecule is C/C=C(\C)CCC.C=CC(=C(C)C)n1cnc2ccc(C(C)=O)cc21.CCCNCCC. The van der Waals surface area contributed by atoms with Crippen molar-refractivity contribution >= 4 is 22.5 Å². The molecule has 0 aliphatic carbocycles. The molecule has 1 heterocycles. The van der Waals surface area contributed by atoms with Crippen LogP contribution < -0.4 is 5.32 Å². The Kier molecular flexibility index (Phi) is 15.8. The van der Waals surface area contributed by atoms with E-state index in [1.54, 1.807) is 25.4 Å². The lowest BCUT2D eigenvalue weighted by atomic mass is 10.1. The van der Waals surface area contributed by atoms with Gasteiger partial charge in [0.25, 0.3) is 0 Å². The molecule has 0 aliphatic heterocycles. The maximum absolute atomic E-state index is 11.4. The second-order valence-corrected chi connectivity index (χ2v) is 8.10. The third-order valence-corrected chi connectivity index (χ3v) is 4.91. The van der Waals surface area contributed by atoms with Gasteiger partial charge in [0, 0.05) is 11.3 Å². The van der Waals surface area contributed by atoms with Crippen LogP contribution in [0.5, 0.6) is 0 Å². The molecule has 178 valence electrons. The number of allylic oxidation sites excluding steroid dienone is 5. The molecule has 1 aromatic heterocycles. The lowest BCUT2D eigenvalue weighted by Crippen LogP contribution is -2.14. The van der Waals surface area contributed by atoms with Gasteiger partial charge in [-0.1, -0.05) is 51.0 Å². The number of nitrogens with zero attached hydrogens (tertiary/aromatic N) is 2. The maximum atomic E-state index is 11.4. The highest BCUT2D eigenvalue weighted by atomic mass is 16.1. The van der Waals surface area contributed by atoms with Crippen molar-refractivity contribution in [3.8, 4) is 0 Å². The molecule has 0 saturated heterocycles. The summed E-state index contributed by atoms with van der Waals surface area (Å²) in [7, 11) is 0. The van der Waals surface area contributed by atoms with Gasteiger partial charge < -0.3 is 5.32 Å². The number of Topliss-reactive ketones (excluding diaryl/α,β-unsaturated/α-hetero) is 1. The average Bonchev–Trinajstić information content (AvgIpc) is 3.18. The fraction of sp³-hybridized carbons (Fsp3) is 0.500. The Balaban J connectivity index is 0.000000570. The molecule has 0 amide bonds. The van der Waals surface area contributed by atoms with E-state index in [0.717, 1.165) is 22.3 Å². The van der Waals surface area contributed by atoms with Gasteiger partial charge in [-0.2, -0.15) is 0 Å². The molecule has 1 aromatic carbocycles. The highest BCUT2D eigenvalue weighted by molar-refractivity contribution is 5.97. The maximum Gasteiger partial charge on any atom is 0.159 e. The van der Waals surface area contributed by atoms with Gasteiger partial charge in [0.1, 0.15) is 6.33 Å². The van der Waals surface area contributed by atoms with Crippen LogP contribution in [-0.4, -0.2) is 28.4 Å². The molecular weight excluding hydrogens is 394 g/mol. The molecule has 0 bridgehead atoms. The van der Waals surface area contributed by atoms with E-state index in [1.807, 2.05) is 30.5 Å². The number of aromatic nitrogens is 2. The number of carbonyl (C=O) groups is 1. The minimum absolute atomic E-state index is 0.0574. The minimum Gasteiger partial charge on any atom is -0.317 e. The third-order valence-electron chi connectivity index (χ3n) is 4.91. The quantitative estimate of drug-likeness (QED) is 0.187. The number of nitrogens with one attached hydrogen (secondary N) is 1. The number of rotatable bonds is 9. The minimum atomic E-state index is 0.0574. The molecule has 1 N–H and O–H groups in total. The van der Waals surface area contributed by atoms with E-state index >= 15 is 0 Å². The van der Waals surface area contributed by atoms with Crippen LogP contribution >= 0.6 is 0 Å². The topological polar surface area (TPSA) is 46.9 Å². The summed E-state index contributed by atoms with van der Waals surface area (Å²) in [5.41, 5.74) is 6.15. The largest absolute Gasteiger partial charge is 0.317 e. The number of imidazole rings is 1. The van der Waals surface area contributed by atoms with Crippen molar-refractivity contribution in [3.05, 3.63) is 60.0 Å². The van der Waals surface area contributed by atoms with Gasteiger partial charge in [-0.3, -0.25) is 9.36 Å². The van der Waals surface area contributed by atoms with E-state index in [9.17, 15) is 4.79 Å². The normalized spacial score (nSPS) is 10.6. The molecule has 4 heteroatoms. The van der Waals surface area contributed by atoms with Crippen LogP contribution in [0.4, 0.5) is 0 Å². The average molecular weight is 440 g/mol. The molecule has 0 radical (unpaired) electrons. The van der Waals surface area contributed by atoms with Crippen molar-refractivity contribution in [2.75, 3.05) is 13.1 Å². The Morgan fingerprint density at radius 3 is 2.09 bits per heavy atom. The molecule has 0 fully saturated rings. The fourth-order valence-corrected chi connectivity index (χ4v) is 2.98. The van der Waals surface area contributed by atoms with Crippen molar-refractivity contribution in [3.63, 3.8) is 0 Å². The van der Waals surface area contributed by atoms with Crippen molar-refractivity contribution in [1.29, 1.82) is 0 Å². The Morgan fingerprint density at radius 2 is 1.69 bits per heavy atom. The van der Waals surface area contributed by atoms with Crippen LogP contribution in [-0.2, 0) is 0 Å². The number of ketones is 1. The molecule has 0 unspecified atom stereocenters. The van der Waals surface area contributed by atoms with Gasteiger partial charge in [-0.05, 0) is 91.2 Å². The lowest BCUT2D eigenvalue weighted by Gasteiger charge is -2.08. The van der Waals surface area contributed by atoms with E-state index in [4.69, 9.17) is 0 Å². The summed E-state index contributed by atoms with van der Waals surface area (Å²) >= 11 is 0. The number of fused-ring (bicyclic) bond motifs is 1. The van der Waals surface area contributed by atoms with Crippen LogP contribution in [0.15, 0.2) is 54.4 Å². The number of hydrogen-bond donors (Lipinski definition) is 1. The van der Waals surface area contributed by atoms with E-state index < -0.39 is 0 Å². The van der Waals surface area contributed by atoms with E-state index in [1.165, 1.54) is 44.3 Å². The molecule has 0 saturated carbocycles. The molecular formula is C28H45N3O. The van der Waals surface area contributed by atoms with Gasteiger partial charge in [0.2, 0.25) is 0 Å². The fourth-order valence-electron chi connectivity index (χ4n) is 2.98. The summed E-state index contributed by atoms with van der Waals surface area (Å²) < 4.78 is 1.96. The first-order valence-electron chi connectivity index (χ1n) is 11.9. The highest BCUT2D eigenvalue weighted by Gasteiger charge is 2.08. The summed E-state index contributed by atoms with van der Waals surface area (Å²) in [4.78, 5) is 15.8. The smallest absolute Gasteiger partial charge is 0.159 e. The number of benzene rings is 1. The Bertz CT molecular complexity index is 879. The summed E-state index contributed by atoms with van der Waals surface area (Å²) in [6.45, 7) is 22.6. The van der Waals surface area contributed by atoms with Crippen LogP contribution in [0.2, 0.25) is 0 Å². The second kappa shape index (κ2) is 17.1. The third kappa shape index (κ3) is 10.7. The monoisotopic (exact) mass is 439 g/mol. The first-order valence-corrected chi connectivity index (χ1v) is 11.9. The molecule has 4 nitrogen and oxygen atoms in total. The zero-order valence-corrected chi connectivity index (χ0v) is 21.7. The predicted molar refractivity (Wildman–Crippen MR) is 142 cm³/mol. The summed E-state index contributed by atoms with van der Waals surface area (Å²) in [6.07, 6.45) is 10.8. The molecule has 2 aromatic rings. The van der Waals surface area contributed by atoms with Gasteiger partial charge in [-0.25, -0.2) is 4.98 Å². The van der Waals surface area contributed by atoms with E-state index in [0.29, 0.717) is 5.56 Å². The Hall–Kier alpha value is -2.46. The predicted octanol–water partition coefficient (Wildman–Crippen LogP) is 7.82. The van der Waals surface area contributed by atoms with Gasteiger partial charge in [0.15, 0.2) is 5.78 Å². The highest BCUT2D eigenvalue weighted by Crippen LogP contribution is 2.21.